The van der Waals surface area contributed by atoms with Gasteiger partial charge in [0.15, 0.2) is 0 Å². The highest BCUT2D eigenvalue weighted by Crippen LogP contribution is 2.49. The van der Waals surface area contributed by atoms with Crippen LogP contribution in [0.25, 0.3) is 0 Å². The molecule has 1 aromatic rings. The number of likely N-dealkylation sites (tertiary alicyclic amines) is 2. The first-order valence-corrected chi connectivity index (χ1v) is 12.4. The number of fused-ring (bicyclic) bond motifs is 1. The van der Waals surface area contributed by atoms with E-state index in [4.69, 9.17) is 10.00 Å². The topological polar surface area (TPSA) is 121 Å². The minimum atomic E-state index is -0.657. The van der Waals surface area contributed by atoms with Crippen LogP contribution < -0.4 is 10.6 Å². The van der Waals surface area contributed by atoms with E-state index in [2.05, 4.69) is 34.3 Å². The lowest BCUT2D eigenvalue weighted by Gasteiger charge is -2.35. The van der Waals surface area contributed by atoms with Gasteiger partial charge in [0.05, 0.1) is 29.8 Å². The SMILES string of the molecule is C=C(C(CN1C[C@@H](Nc2ccc(C#N)cc2)CC1C=O)NC(=O)OC(C)(C)C)N1C(C#N)CC2CC21. The van der Waals surface area contributed by atoms with Crippen LogP contribution in [0.1, 0.15) is 45.6 Å². The summed E-state index contributed by atoms with van der Waals surface area (Å²) in [5.41, 5.74) is 1.50. The second-order valence-corrected chi connectivity index (χ2v) is 11.0. The van der Waals surface area contributed by atoms with Crippen molar-refractivity contribution in [1.82, 2.24) is 15.1 Å². The van der Waals surface area contributed by atoms with Crippen LogP contribution in [-0.4, -0.2) is 71.1 Å². The van der Waals surface area contributed by atoms with Gasteiger partial charge in [0.25, 0.3) is 0 Å². The van der Waals surface area contributed by atoms with Gasteiger partial charge in [0.2, 0.25) is 0 Å². The van der Waals surface area contributed by atoms with Crippen LogP contribution in [0.4, 0.5) is 10.5 Å². The van der Waals surface area contributed by atoms with Crippen LogP contribution >= 0.6 is 0 Å². The van der Waals surface area contributed by atoms with Gasteiger partial charge in [-0.05, 0) is 70.2 Å². The van der Waals surface area contributed by atoms with Crippen molar-refractivity contribution in [1.29, 1.82) is 10.5 Å². The molecule has 0 aromatic heterocycles. The van der Waals surface area contributed by atoms with Gasteiger partial charge < -0.3 is 25.1 Å². The van der Waals surface area contributed by atoms with Crippen molar-refractivity contribution >= 4 is 18.1 Å². The highest BCUT2D eigenvalue weighted by Gasteiger charge is 2.53. The van der Waals surface area contributed by atoms with Gasteiger partial charge in [0.1, 0.15) is 17.9 Å². The molecular weight excluding hydrogens is 456 g/mol. The van der Waals surface area contributed by atoms with Gasteiger partial charge in [-0.3, -0.25) is 4.90 Å². The summed E-state index contributed by atoms with van der Waals surface area (Å²) >= 11 is 0. The zero-order valence-electron chi connectivity index (χ0n) is 21.1. The van der Waals surface area contributed by atoms with Crippen LogP contribution in [0, 0.1) is 28.6 Å². The fraction of sp³-hybridized carbons (Fsp3) is 0.556. The molecule has 190 valence electrons. The molecule has 2 N–H and O–H groups in total. The third kappa shape index (κ3) is 5.80. The van der Waals surface area contributed by atoms with Crippen molar-refractivity contribution in [2.75, 3.05) is 18.4 Å². The lowest BCUT2D eigenvalue weighted by atomic mass is 10.1. The molecule has 2 saturated heterocycles. The number of hydrogen-bond acceptors (Lipinski definition) is 8. The van der Waals surface area contributed by atoms with Crippen LogP contribution in [0.3, 0.4) is 0 Å². The average Bonchev–Trinajstić information content (AvgIpc) is 3.32. The number of nitrogens with one attached hydrogen (secondary N) is 2. The largest absolute Gasteiger partial charge is 0.444 e. The number of ether oxygens (including phenoxy) is 1. The van der Waals surface area contributed by atoms with E-state index in [1.807, 2.05) is 17.0 Å². The number of rotatable bonds is 8. The van der Waals surface area contributed by atoms with E-state index in [1.54, 1.807) is 32.9 Å². The zero-order valence-corrected chi connectivity index (χ0v) is 21.1. The maximum atomic E-state index is 12.7. The quantitative estimate of drug-likeness (QED) is 0.534. The minimum absolute atomic E-state index is 0.0232. The van der Waals surface area contributed by atoms with Crippen molar-refractivity contribution in [3.05, 3.63) is 42.1 Å². The number of carbonyl (C=O) groups is 2. The van der Waals surface area contributed by atoms with Crippen LogP contribution in [-0.2, 0) is 9.53 Å². The maximum absolute atomic E-state index is 12.7. The van der Waals surface area contributed by atoms with Crippen LogP contribution in [0.15, 0.2) is 36.5 Å². The Morgan fingerprint density at radius 2 is 1.97 bits per heavy atom. The molecule has 0 radical (unpaired) electrons. The van der Waals surface area contributed by atoms with E-state index >= 15 is 0 Å². The molecule has 1 saturated carbocycles. The molecule has 5 unspecified atom stereocenters. The fourth-order valence-corrected chi connectivity index (χ4v) is 5.35. The first kappa shape index (κ1) is 25.5. The molecule has 3 fully saturated rings. The number of alkyl carbamates (subject to hydrolysis) is 1. The Kier molecular flexibility index (Phi) is 7.23. The number of aldehydes is 1. The van der Waals surface area contributed by atoms with E-state index in [0.717, 1.165) is 24.8 Å². The van der Waals surface area contributed by atoms with Gasteiger partial charge in [0, 0.05) is 36.6 Å². The highest BCUT2D eigenvalue weighted by atomic mass is 16.6. The summed E-state index contributed by atoms with van der Waals surface area (Å²) in [7, 11) is 0. The number of piperidine rings is 1. The van der Waals surface area contributed by atoms with E-state index in [-0.39, 0.29) is 24.2 Å². The first-order valence-electron chi connectivity index (χ1n) is 12.4. The predicted molar refractivity (Wildman–Crippen MR) is 135 cm³/mol. The Morgan fingerprint density at radius 1 is 1.25 bits per heavy atom. The van der Waals surface area contributed by atoms with Crippen molar-refractivity contribution in [2.45, 2.75) is 75.8 Å². The van der Waals surface area contributed by atoms with E-state index < -0.39 is 17.7 Å². The molecule has 2 heterocycles. The Bertz CT molecular complexity index is 1080. The molecule has 36 heavy (non-hydrogen) atoms. The number of hydrogen-bond donors (Lipinski definition) is 2. The molecule has 9 heteroatoms. The Hall–Kier alpha value is -3.56. The lowest BCUT2D eigenvalue weighted by molar-refractivity contribution is -0.111. The molecule has 1 amide bonds. The number of anilines is 1. The molecule has 1 aliphatic carbocycles. The number of nitriles is 2. The van der Waals surface area contributed by atoms with Crippen molar-refractivity contribution in [3.63, 3.8) is 0 Å². The zero-order chi connectivity index (χ0) is 26.0. The molecule has 4 rings (SSSR count). The standard InChI is InChI=1S/C27H34N6O3/c1-17(33-22(13-29)9-19-10-25(19)33)24(31-26(35)36-27(2,3)4)15-32-14-21(11-23(32)16-34)30-20-7-5-18(12-28)6-8-20/h5-8,16,19,21-25,30H,1,9-11,14-15H2,2-4H3,(H,31,35)/t19?,21-,22?,23?,24?,25?/m0/s1. The van der Waals surface area contributed by atoms with Crippen molar-refractivity contribution < 1.29 is 14.3 Å². The normalized spacial score (nSPS) is 27.8. The van der Waals surface area contributed by atoms with Crippen molar-refractivity contribution in [2.24, 2.45) is 5.92 Å². The van der Waals surface area contributed by atoms with Crippen LogP contribution in [0.2, 0.25) is 0 Å². The van der Waals surface area contributed by atoms with Gasteiger partial charge in [-0.2, -0.15) is 10.5 Å². The molecule has 9 nitrogen and oxygen atoms in total. The molecular formula is C27H34N6O3. The monoisotopic (exact) mass is 490 g/mol. The Labute approximate surface area is 212 Å². The molecule has 2 aliphatic heterocycles. The summed E-state index contributed by atoms with van der Waals surface area (Å²) in [4.78, 5) is 28.8. The average molecular weight is 491 g/mol. The highest BCUT2D eigenvalue weighted by molar-refractivity contribution is 5.68. The molecule has 0 bridgehead atoms. The third-order valence-electron chi connectivity index (χ3n) is 7.09. The number of benzene rings is 1. The maximum Gasteiger partial charge on any atom is 0.408 e. The summed E-state index contributed by atoms with van der Waals surface area (Å²) in [6.07, 6.45) is 2.86. The van der Waals surface area contributed by atoms with E-state index in [9.17, 15) is 14.9 Å². The first-order chi connectivity index (χ1) is 17.1. The van der Waals surface area contributed by atoms with Crippen molar-refractivity contribution in [3.8, 4) is 12.1 Å². The van der Waals surface area contributed by atoms with Gasteiger partial charge in [-0.25, -0.2) is 4.79 Å². The third-order valence-corrected chi connectivity index (χ3v) is 7.09. The van der Waals surface area contributed by atoms with E-state index in [0.29, 0.717) is 36.7 Å². The van der Waals surface area contributed by atoms with Crippen LogP contribution in [0.5, 0.6) is 0 Å². The van der Waals surface area contributed by atoms with Gasteiger partial charge >= 0.3 is 6.09 Å². The summed E-state index contributed by atoms with van der Waals surface area (Å²) in [6.45, 7) is 10.7. The number of carbonyl (C=O) groups excluding carboxylic acids is 2. The number of nitrogens with zero attached hydrogens (tertiary/aromatic N) is 4. The van der Waals surface area contributed by atoms with Gasteiger partial charge in [-0.15, -0.1) is 0 Å². The fourth-order valence-electron chi connectivity index (χ4n) is 5.35. The summed E-state index contributed by atoms with van der Waals surface area (Å²) in [5.74, 6) is 0.504. The summed E-state index contributed by atoms with van der Waals surface area (Å²) in [5, 5.41) is 25.1. The summed E-state index contributed by atoms with van der Waals surface area (Å²) < 4.78 is 5.51. The minimum Gasteiger partial charge on any atom is -0.444 e. The molecule has 6 atom stereocenters. The number of amides is 1. The van der Waals surface area contributed by atoms with Gasteiger partial charge in [-0.1, -0.05) is 6.58 Å². The Morgan fingerprint density at radius 3 is 2.58 bits per heavy atom. The Balaban J connectivity index is 1.48. The molecule has 0 spiro atoms. The predicted octanol–water partition coefficient (Wildman–Crippen LogP) is 3.01. The smallest absolute Gasteiger partial charge is 0.408 e. The summed E-state index contributed by atoms with van der Waals surface area (Å²) in [6, 6.07) is 10.9. The second kappa shape index (κ2) is 10.2. The lowest BCUT2D eigenvalue weighted by Crippen LogP contribution is -2.51. The van der Waals surface area contributed by atoms with E-state index in [1.165, 1.54) is 0 Å². The second-order valence-electron chi connectivity index (χ2n) is 11.0. The molecule has 1 aromatic carbocycles. The molecule has 3 aliphatic rings.